The average molecular weight is 239 g/mol. The van der Waals surface area contributed by atoms with Crippen molar-refractivity contribution in [1.29, 1.82) is 0 Å². The van der Waals surface area contributed by atoms with Crippen molar-refractivity contribution >= 4 is 11.8 Å². The first-order valence-corrected chi connectivity index (χ1v) is 7.20. The van der Waals surface area contributed by atoms with Crippen LogP contribution in [-0.2, 0) is 0 Å². The number of aromatic nitrogens is 2. The molecule has 5 heteroatoms. The van der Waals surface area contributed by atoms with E-state index in [0.717, 1.165) is 30.6 Å². The average Bonchev–Trinajstić information content (AvgIpc) is 3.01. The summed E-state index contributed by atoms with van der Waals surface area (Å²) in [6, 6.07) is 0. The van der Waals surface area contributed by atoms with Crippen molar-refractivity contribution in [2.75, 3.05) is 24.6 Å². The van der Waals surface area contributed by atoms with E-state index >= 15 is 0 Å². The van der Waals surface area contributed by atoms with Gasteiger partial charge in [-0.3, -0.25) is 0 Å². The number of hydrogen-bond acceptors (Lipinski definition) is 5. The van der Waals surface area contributed by atoms with Gasteiger partial charge in [0.25, 0.3) is 0 Å². The van der Waals surface area contributed by atoms with Gasteiger partial charge in [-0.15, -0.1) is 10.2 Å². The highest BCUT2D eigenvalue weighted by Crippen LogP contribution is 2.32. The molecular formula is C11H17N3OS. The fourth-order valence-electron chi connectivity index (χ4n) is 2.37. The van der Waals surface area contributed by atoms with Gasteiger partial charge >= 0.3 is 0 Å². The van der Waals surface area contributed by atoms with Crippen molar-refractivity contribution in [3.8, 4) is 0 Å². The van der Waals surface area contributed by atoms with Crippen molar-refractivity contribution in [3.05, 3.63) is 11.8 Å². The first-order chi connectivity index (χ1) is 7.93. The van der Waals surface area contributed by atoms with E-state index in [1.165, 1.54) is 25.0 Å². The molecule has 3 rings (SSSR count). The minimum absolute atomic E-state index is 0.434. The van der Waals surface area contributed by atoms with Gasteiger partial charge in [0.2, 0.25) is 11.8 Å². The quantitative estimate of drug-likeness (QED) is 0.852. The largest absolute Gasteiger partial charge is 0.425 e. The van der Waals surface area contributed by atoms with Crippen molar-refractivity contribution in [3.63, 3.8) is 0 Å². The van der Waals surface area contributed by atoms with Crippen LogP contribution in [0.5, 0.6) is 0 Å². The summed E-state index contributed by atoms with van der Waals surface area (Å²) < 4.78 is 5.83. The first kappa shape index (κ1) is 10.6. The van der Waals surface area contributed by atoms with E-state index in [4.69, 9.17) is 4.42 Å². The lowest BCUT2D eigenvalue weighted by Crippen LogP contribution is -2.28. The summed E-state index contributed by atoms with van der Waals surface area (Å²) in [5, 5.41) is 11.8. The second-order valence-corrected chi connectivity index (χ2v) is 5.73. The molecule has 3 heterocycles. The summed E-state index contributed by atoms with van der Waals surface area (Å²) in [7, 11) is 0. The van der Waals surface area contributed by atoms with Crippen LogP contribution in [-0.4, -0.2) is 34.8 Å². The molecule has 2 aliphatic rings. The van der Waals surface area contributed by atoms with Crippen molar-refractivity contribution in [1.82, 2.24) is 15.5 Å². The molecule has 0 aromatic carbocycles. The standard InChI is InChI=1S/C11H17N3OS/c1-2-8(6-12-4-1)10-13-14-11(15-10)9-3-5-16-7-9/h8-9,12H,1-7H2. The maximum Gasteiger partial charge on any atom is 0.220 e. The zero-order chi connectivity index (χ0) is 10.8. The molecular weight excluding hydrogens is 222 g/mol. The first-order valence-electron chi connectivity index (χ1n) is 6.05. The Kier molecular flexibility index (Phi) is 3.15. The number of nitrogens with one attached hydrogen (secondary N) is 1. The van der Waals surface area contributed by atoms with Crippen molar-refractivity contribution < 1.29 is 4.42 Å². The van der Waals surface area contributed by atoms with Crippen LogP contribution in [0, 0.1) is 0 Å². The molecule has 0 saturated carbocycles. The highest BCUT2D eigenvalue weighted by atomic mass is 32.2. The summed E-state index contributed by atoms with van der Waals surface area (Å²) in [5.41, 5.74) is 0. The van der Waals surface area contributed by atoms with E-state index in [2.05, 4.69) is 15.5 Å². The van der Waals surface area contributed by atoms with E-state index in [9.17, 15) is 0 Å². The van der Waals surface area contributed by atoms with Crippen LogP contribution < -0.4 is 5.32 Å². The Labute approximate surface area is 99.6 Å². The van der Waals surface area contributed by atoms with Gasteiger partial charge in [0, 0.05) is 24.1 Å². The highest BCUT2D eigenvalue weighted by Gasteiger charge is 2.26. The number of piperidine rings is 1. The molecule has 4 nitrogen and oxygen atoms in total. The second-order valence-electron chi connectivity index (χ2n) is 4.58. The minimum Gasteiger partial charge on any atom is -0.425 e. The highest BCUT2D eigenvalue weighted by molar-refractivity contribution is 7.99. The Hall–Kier alpha value is -0.550. The lowest BCUT2D eigenvalue weighted by Gasteiger charge is -2.19. The molecule has 0 bridgehead atoms. The molecule has 0 spiro atoms. The molecule has 2 atom stereocenters. The topological polar surface area (TPSA) is 51.0 Å². The van der Waals surface area contributed by atoms with E-state index < -0.39 is 0 Å². The fourth-order valence-corrected chi connectivity index (χ4v) is 3.58. The molecule has 2 fully saturated rings. The van der Waals surface area contributed by atoms with E-state index in [0.29, 0.717) is 11.8 Å². The minimum atomic E-state index is 0.434. The monoisotopic (exact) mass is 239 g/mol. The van der Waals surface area contributed by atoms with Gasteiger partial charge in [-0.25, -0.2) is 0 Å². The van der Waals surface area contributed by atoms with E-state index in [-0.39, 0.29) is 0 Å². The molecule has 0 amide bonds. The predicted octanol–water partition coefficient (Wildman–Crippen LogP) is 1.76. The lowest BCUT2D eigenvalue weighted by atomic mass is 10.00. The van der Waals surface area contributed by atoms with Crippen LogP contribution in [0.3, 0.4) is 0 Å². The van der Waals surface area contributed by atoms with Gasteiger partial charge in [-0.1, -0.05) is 0 Å². The number of nitrogens with zero attached hydrogens (tertiary/aromatic N) is 2. The van der Waals surface area contributed by atoms with Gasteiger partial charge in [0.15, 0.2) is 0 Å². The van der Waals surface area contributed by atoms with Gasteiger partial charge in [0.1, 0.15) is 0 Å². The summed E-state index contributed by atoms with van der Waals surface area (Å²) >= 11 is 1.98. The van der Waals surface area contributed by atoms with Gasteiger partial charge < -0.3 is 9.73 Å². The normalized spacial score (nSPS) is 30.8. The lowest BCUT2D eigenvalue weighted by molar-refractivity contribution is 0.355. The molecule has 2 aliphatic heterocycles. The van der Waals surface area contributed by atoms with Gasteiger partial charge in [0.05, 0.1) is 0 Å². The smallest absolute Gasteiger partial charge is 0.220 e. The van der Waals surface area contributed by atoms with Crippen LogP contribution in [0.2, 0.25) is 0 Å². The molecule has 1 N–H and O–H groups in total. The molecule has 0 aliphatic carbocycles. The summed E-state index contributed by atoms with van der Waals surface area (Å²) in [6.45, 7) is 2.11. The SMILES string of the molecule is C1CNCC(c2nnc(C3CCSC3)o2)C1. The van der Waals surface area contributed by atoms with E-state index in [1.807, 2.05) is 11.8 Å². The summed E-state index contributed by atoms with van der Waals surface area (Å²) in [5.74, 6) is 5.02. The molecule has 1 aromatic rings. The Morgan fingerprint density at radius 1 is 1.19 bits per heavy atom. The third kappa shape index (κ3) is 2.11. The third-order valence-electron chi connectivity index (χ3n) is 3.38. The van der Waals surface area contributed by atoms with Crippen molar-refractivity contribution in [2.45, 2.75) is 31.1 Å². The molecule has 2 unspecified atom stereocenters. The maximum absolute atomic E-state index is 5.83. The fraction of sp³-hybridized carbons (Fsp3) is 0.818. The summed E-state index contributed by atoms with van der Waals surface area (Å²) in [6.07, 6.45) is 3.57. The van der Waals surface area contributed by atoms with Crippen LogP contribution in [0.15, 0.2) is 4.42 Å². The van der Waals surface area contributed by atoms with E-state index in [1.54, 1.807) is 0 Å². The van der Waals surface area contributed by atoms with Crippen LogP contribution in [0.25, 0.3) is 0 Å². The van der Waals surface area contributed by atoms with Crippen LogP contribution in [0.4, 0.5) is 0 Å². The number of rotatable bonds is 2. The number of thioether (sulfide) groups is 1. The molecule has 2 saturated heterocycles. The zero-order valence-electron chi connectivity index (χ0n) is 9.32. The summed E-state index contributed by atoms with van der Waals surface area (Å²) in [4.78, 5) is 0. The molecule has 0 radical (unpaired) electrons. The maximum atomic E-state index is 5.83. The van der Waals surface area contributed by atoms with Gasteiger partial charge in [-0.2, -0.15) is 11.8 Å². The van der Waals surface area contributed by atoms with Crippen LogP contribution in [0.1, 0.15) is 42.9 Å². The Morgan fingerprint density at radius 3 is 2.75 bits per heavy atom. The van der Waals surface area contributed by atoms with Crippen LogP contribution >= 0.6 is 11.8 Å². The Bertz CT molecular complexity index is 343. The number of hydrogen-bond donors (Lipinski definition) is 1. The zero-order valence-corrected chi connectivity index (χ0v) is 10.1. The second kappa shape index (κ2) is 4.75. The van der Waals surface area contributed by atoms with Gasteiger partial charge in [-0.05, 0) is 31.6 Å². The molecule has 16 heavy (non-hydrogen) atoms. The predicted molar refractivity (Wildman–Crippen MR) is 63.8 cm³/mol. The molecule has 88 valence electrons. The molecule has 1 aromatic heterocycles. The van der Waals surface area contributed by atoms with Crippen molar-refractivity contribution in [2.24, 2.45) is 0 Å². The Morgan fingerprint density at radius 2 is 2.06 bits per heavy atom. The third-order valence-corrected chi connectivity index (χ3v) is 4.54. The Balaban J connectivity index is 1.71.